The summed E-state index contributed by atoms with van der Waals surface area (Å²) in [5.74, 6) is 0.127. The van der Waals surface area contributed by atoms with Gasteiger partial charge < -0.3 is 5.32 Å². The Hall–Kier alpha value is -2.40. The summed E-state index contributed by atoms with van der Waals surface area (Å²) < 4.78 is 25.0. The van der Waals surface area contributed by atoms with Crippen LogP contribution in [0.3, 0.4) is 0 Å². The molecule has 0 unspecified atom stereocenters. The Morgan fingerprint density at radius 1 is 1.19 bits per heavy atom. The van der Waals surface area contributed by atoms with Gasteiger partial charge in [-0.05, 0) is 41.9 Å². The van der Waals surface area contributed by atoms with Crippen molar-refractivity contribution in [2.75, 3.05) is 11.6 Å². The summed E-state index contributed by atoms with van der Waals surface area (Å²) in [5.41, 5.74) is 0.985. The fraction of sp³-hybridized carbons (Fsp3) is 0.312. The van der Waals surface area contributed by atoms with Crippen LogP contribution in [0, 0.1) is 0 Å². The molecule has 3 aromatic heterocycles. The number of nitrogens with one attached hydrogen (secondary N) is 1. The molecule has 0 saturated carbocycles. The second-order valence-electron chi connectivity index (χ2n) is 6.18. The fourth-order valence-corrected chi connectivity index (χ4v) is 3.29. The molecule has 1 N–H and O–H groups in total. The van der Waals surface area contributed by atoms with Gasteiger partial charge >= 0.3 is 0 Å². The third-order valence-corrected chi connectivity index (χ3v) is 5.23. The summed E-state index contributed by atoms with van der Waals surface area (Å²) in [5, 5.41) is 2.95. The third kappa shape index (κ3) is 4.14. The van der Waals surface area contributed by atoms with Crippen molar-refractivity contribution in [3.8, 4) is 0 Å². The number of hydrogen-bond donors (Lipinski definition) is 1. The molecule has 0 atom stereocenters. The lowest BCUT2D eigenvalue weighted by atomic mass is 10.3. The number of halogens is 1. The summed E-state index contributed by atoms with van der Waals surface area (Å²) in [6.45, 7) is 3.96. The highest BCUT2D eigenvalue weighted by Crippen LogP contribution is 2.16. The van der Waals surface area contributed by atoms with Crippen LogP contribution in [-0.2, 0) is 16.4 Å². The van der Waals surface area contributed by atoms with Crippen molar-refractivity contribution in [2.45, 2.75) is 31.3 Å². The summed E-state index contributed by atoms with van der Waals surface area (Å²) >= 11 is 3.26. The third-order valence-electron chi connectivity index (χ3n) is 3.75. The van der Waals surface area contributed by atoms with Crippen LogP contribution in [0.5, 0.6) is 0 Å². The van der Waals surface area contributed by atoms with Gasteiger partial charge in [0, 0.05) is 18.5 Å². The van der Waals surface area contributed by atoms with E-state index in [9.17, 15) is 13.2 Å². The molecular formula is C16H17BrN6O3S. The van der Waals surface area contributed by atoms with Gasteiger partial charge in [-0.3, -0.25) is 14.3 Å². The zero-order valence-electron chi connectivity index (χ0n) is 14.8. The van der Waals surface area contributed by atoms with Crippen LogP contribution in [0.4, 0.5) is 5.82 Å². The number of sulfone groups is 1. The first-order valence-electron chi connectivity index (χ1n) is 8.00. The number of hydrogen-bond acceptors (Lipinski definition) is 8. The molecule has 27 heavy (non-hydrogen) atoms. The summed E-state index contributed by atoms with van der Waals surface area (Å²) in [6.07, 6.45) is 3.92. The first-order chi connectivity index (χ1) is 12.7. The Morgan fingerprint density at radius 2 is 1.93 bits per heavy atom. The standard InChI is InChI=1S/C16H17BrN6O3S/c1-9(2)23-15-13(20-8-12(17)21-15)22-14(16(23)24)19-6-10-4-5-11(7-18-10)27(3,25)26/h4-5,7-9H,6H2,1-3H3,(H,19,20,22). The van der Waals surface area contributed by atoms with Gasteiger partial charge in [0.05, 0.1) is 23.3 Å². The highest BCUT2D eigenvalue weighted by molar-refractivity contribution is 9.10. The Bertz CT molecular complexity index is 1160. The quantitative estimate of drug-likeness (QED) is 0.623. The van der Waals surface area contributed by atoms with E-state index < -0.39 is 9.84 Å². The summed E-state index contributed by atoms with van der Waals surface area (Å²) in [6, 6.07) is 2.92. The molecule has 3 rings (SSSR count). The summed E-state index contributed by atoms with van der Waals surface area (Å²) in [7, 11) is -3.30. The molecule has 9 nitrogen and oxygen atoms in total. The monoisotopic (exact) mass is 452 g/mol. The van der Waals surface area contributed by atoms with Crippen LogP contribution < -0.4 is 10.9 Å². The van der Waals surface area contributed by atoms with E-state index in [2.05, 4.69) is 41.2 Å². The van der Waals surface area contributed by atoms with Crippen LogP contribution in [0.25, 0.3) is 11.3 Å². The van der Waals surface area contributed by atoms with E-state index in [4.69, 9.17) is 0 Å². The Balaban J connectivity index is 1.94. The molecule has 0 aromatic carbocycles. The molecule has 3 heterocycles. The van der Waals surface area contributed by atoms with Crippen LogP contribution in [0.2, 0.25) is 0 Å². The first kappa shape index (κ1) is 19.4. The molecule has 0 spiro atoms. The SMILES string of the molecule is CC(C)n1c(=O)c(NCc2ccc(S(C)(=O)=O)cn2)nc2ncc(Br)nc21. The minimum Gasteiger partial charge on any atom is -0.360 e. The van der Waals surface area contributed by atoms with Crippen molar-refractivity contribution >= 4 is 42.9 Å². The number of pyridine rings is 1. The van der Waals surface area contributed by atoms with Crippen LogP contribution in [-0.4, -0.2) is 39.2 Å². The minimum atomic E-state index is -3.30. The van der Waals surface area contributed by atoms with Crippen molar-refractivity contribution in [3.05, 3.63) is 45.2 Å². The van der Waals surface area contributed by atoms with Crippen molar-refractivity contribution in [3.63, 3.8) is 0 Å². The molecule has 0 saturated heterocycles. The molecule has 0 fully saturated rings. The molecule has 142 valence electrons. The highest BCUT2D eigenvalue weighted by atomic mass is 79.9. The van der Waals surface area contributed by atoms with Crippen LogP contribution in [0.1, 0.15) is 25.6 Å². The molecule has 0 bridgehead atoms. The number of fused-ring (bicyclic) bond motifs is 1. The lowest BCUT2D eigenvalue weighted by Crippen LogP contribution is -2.27. The molecule has 0 radical (unpaired) electrons. The van der Waals surface area contributed by atoms with Gasteiger partial charge in [0.25, 0.3) is 5.56 Å². The van der Waals surface area contributed by atoms with E-state index in [0.717, 1.165) is 6.26 Å². The number of rotatable bonds is 5. The maximum Gasteiger partial charge on any atom is 0.295 e. The molecule has 3 aromatic rings. The lowest BCUT2D eigenvalue weighted by Gasteiger charge is -2.14. The molecular weight excluding hydrogens is 436 g/mol. The smallest absolute Gasteiger partial charge is 0.295 e. The minimum absolute atomic E-state index is 0.127. The molecule has 0 aliphatic rings. The van der Waals surface area contributed by atoms with Gasteiger partial charge in [-0.1, -0.05) is 0 Å². The van der Waals surface area contributed by atoms with Gasteiger partial charge in [-0.25, -0.2) is 23.4 Å². The predicted molar refractivity (Wildman–Crippen MR) is 104 cm³/mol. The number of nitrogens with zero attached hydrogens (tertiary/aromatic N) is 5. The summed E-state index contributed by atoms with van der Waals surface area (Å²) in [4.78, 5) is 29.8. The first-order valence-corrected chi connectivity index (χ1v) is 10.7. The molecule has 0 aliphatic heterocycles. The number of anilines is 1. The van der Waals surface area contributed by atoms with Crippen molar-refractivity contribution < 1.29 is 8.42 Å². The van der Waals surface area contributed by atoms with Crippen molar-refractivity contribution in [2.24, 2.45) is 0 Å². The topological polar surface area (TPSA) is 120 Å². The zero-order valence-corrected chi connectivity index (χ0v) is 17.2. The molecule has 0 aliphatic carbocycles. The zero-order chi connectivity index (χ0) is 19.8. The Kier molecular flexibility index (Phi) is 5.24. The second-order valence-corrected chi connectivity index (χ2v) is 9.01. The lowest BCUT2D eigenvalue weighted by molar-refractivity contribution is 0.592. The van der Waals surface area contributed by atoms with Gasteiger partial charge in [0.15, 0.2) is 26.9 Å². The largest absolute Gasteiger partial charge is 0.360 e. The van der Waals surface area contributed by atoms with E-state index in [0.29, 0.717) is 21.6 Å². The Labute approximate surface area is 164 Å². The van der Waals surface area contributed by atoms with E-state index >= 15 is 0 Å². The van der Waals surface area contributed by atoms with E-state index in [1.54, 1.807) is 6.07 Å². The van der Waals surface area contributed by atoms with Crippen LogP contribution in [0.15, 0.2) is 38.8 Å². The van der Waals surface area contributed by atoms with Gasteiger partial charge in [-0.15, -0.1) is 0 Å². The average Bonchev–Trinajstić information content (AvgIpc) is 2.59. The maximum absolute atomic E-state index is 12.8. The van der Waals surface area contributed by atoms with E-state index in [-0.39, 0.29) is 28.9 Å². The van der Waals surface area contributed by atoms with E-state index in [1.165, 1.54) is 23.0 Å². The highest BCUT2D eigenvalue weighted by Gasteiger charge is 2.16. The molecule has 0 amide bonds. The van der Waals surface area contributed by atoms with Crippen LogP contribution >= 0.6 is 15.9 Å². The van der Waals surface area contributed by atoms with E-state index in [1.807, 2.05) is 13.8 Å². The predicted octanol–water partition coefficient (Wildman–Crippen LogP) is 1.94. The normalized spacial score (nSPS) is 11.9. The average molecular weight is 453 g/mol. The van der Waals surface area contributed by atoms with Crippen molar-refractivity contribution in [1.82, 2.24) is 24.5 Å². The van der Waals surface area contributed by atoms with Gasteiger partial charge in [0.2, 0.25) is 0 Å². The van der Waals surface area contributed by atoms with Gasteiger partial charge in [-0.2, -0.15) is 0 Å². The molecule has 11 heteroatoms. The van der Waals surface area contributed by atoms with Crippen molar-refractivity contribution in [1.29, 1.82) is 0 Å². The maximum atomic E-state index is 12.8. The Morgan fingerprint density at radius 3 is 2.52 bits per heavy atom. The fourth-order valence-electron chi connectivity index (χ4n) is 2.46. The number of aromatic nitrogens is 5. The second kappa shape index (κ2) is 7.31. The van der Waals surface area contributed by atoms with Gasteiger partial charge in [0.1, 0.15) is 4.60 Å².